The van der Waals surface area contributed by atoms with Gasteiger partial charge in [-0.2, -0.15) is 0 Å². The summed E-state index contributed by atoms with van der Waals surface area (Å²) in [6.07, 6.45) is 10.2. The molecule has 5 nitrogen and oxygen atoms in total. The van der Waals surface area contributed by atoms with E-state index in [1.165, 1.54) is 25.7 Å². The molecular formula is C15H28O5. The maximum absolute atomic E-state index is 10.2. The Morgan fingerprint density at radius 2 is 1.75 bits per heavy atom. The van der Waals surface area contributed by atoms with Crippen LogP contribution < -0.4 is 0 Å². The molecule has 1 aliphatic rings. The Morgan fingerprint density at radius 1 is 1.05 bits per heavy atom. The zero-order valence-electron chi connectivity index (χ0n) is 12.3. The summed E-state index contributed by atoms with van der Waals surface area (Å²) in [7, 11) is 0. The highest BCUT2D eigenvalue weighted by molar-refractivity contribution is 5.67. The molecule has 1 unspecified atom stereocenters. The van der Waals surface area contributed by atoms with Gasteiger partial charge in [0.05, 0.1) is 0 Å². The minimum absolute atomic E-state index is 0.0372. The van der Waals surface area contributed by atoms with Gasteiger partial charge in [0.2, 0.25) is 0 Å². The van der Waals surface area contributed by atoms with E-state index >= 15 is 0 Å². The smallest absolute Gasteiger partial charge is 0.329 e. The van der Waals surface area contributed by atoms with Crippen LogP contribution >= 0.6 is 0 Å². The van der Waals surface area contributed by atoms with Crippen molar-refractivity contribution in [2.75, 3.05) is 26.4 Å². The van der Waals surface area contributed by atoms with Gasteiger partial charge < -0.3 is 19.3 Å². The van der Waals surface area contributed by atoms with Crippen LogP contribution in [0.15, 0.2) is 0 Å². The van der Waals surface area contributed by atoms with Crippen LogP contribution in [0.1, 0.15) is 57.8 Å². The molecule has 0 amide bonds. The van der Waals surface area contributed by atoms with E-state index in [-0.39, 0.29) is 12.9 Å². The Morgan fingerprint density at radius 3 is 2.40 bits per heavy atom. The van der Waals surface area contributed by atoms with E-state index in [0.29, 0.717) is 6.61 Å². The Hall–Kier alpha value is -0.650. The number of unbranched alkanes of at least 4 members (excludes halogenated alkanes) is 5. The lowest BCUT2D eigenvalue weighted by molar-refractivity contribution is -0.162. The molecule has 0 bridgehead atoms. The van der Waals surface area contributed by atoms with Crippen molar-refractivity contribution in [2.45, 2.75) is 64.1 Å². The lowest BCUT2D eigenvalue weighted by Gasteiger charge is -2.22. The van der Waals surface area contributed by atoms with Gasteiger partial charge in [-0.15, -0.1) is 0 Å². The highest BCUT2D eigenvalue weighted by atomic mass is 16.7. The number of carbonyl (C=O) groups is 1. The van der Waals surface area contributed by atoms with E-state index in [0.717, 1.165) is 45.3 Å². The second-order valence-electron chi connectivity index (χ2n) is 5.23. The molecule has 0 aromatic heterocycles. The minimum Gasteiger partial charge on any atom is -0.480 e. The fourth-order valence-electron chi connectivity index (χ4n) is 2.23. The lowest BCUT2D eigenvalue weighted by Crippen LogP contribution is -2.22. The molecule has 0 aromatic carbocycles. The van der Waals surface area contributed by atoms with Gasteiger partial charge in [-0.3, -0.25) is 0 Å². The molecule has 0 radical (unpaired) electrons. The molecule has 1 rings (SSSR count). The number of aliphatic carboxylic acids is 1. The predicted molar refractivity (Wildman–Crippen MR) is 75.7 cm³/mol. The summed E-state index contributed by atoms with van der Waals surface area (Å²) in [5, 5.41) is 8.39. The van der Waals surface area contributed by atoms with Crippen LogP contribution in [-0.4, -0.2) is 43.8 Å². The zero-order valence-corrected chi connectivity index (χ0v) is 12.3. The molecule has 0 aromatic rings. The first-order valence-electron chi connectivity index (χ1n) is 7.82. The van der Waals surface area contributed by atoms with Crippen LogP contribution in [0.2, 0.25) is 0 Å². The quantitative estimate of drug-likeness (QED) is 0.559. The summed E-state index contributed by atoms with van der Waals surface area (Å²) in [5.41, 5.74) is 0. The van der Waals surface area contributed by atoms with Crippen molar-refractivity contribution in [3.63, 3.8) is 0 Å². The van der Waals surface area contributed by atoms with Crippen molar-refractivity contribution >= 4 is 5.97 Å². The topological polar surface area (TPSA) is 65.0 Å². The molecule has 0 aliphatic carbocycles. The summed E-state index contributed by atoms with van der Waals surface area (Å²) < 4.78 is 16.1. The molecule has 1 fully saturated rings. The Balaban J connectivity index is 1.73. The highest BCUT2D eigenvalue weighted by Crippen LogP contribution is 2.14. The van der Waals surface area contributed by atoms with E-state index in [9.17, 15) is 4.79 Å². The predicted octanol–water partition coefficient (Wildman–Crippen LogP) is 2.97. The Kier molecular flexibility index (Phi) is 10.5. The molecule has 1 saturated heterocycles. The van der Waals surface area contributed by atoms with Gasteiger partial charge in [-0.05, 0) is 32.1 Å². The van der Waals surface area contributed by atoms with Gasteiger partial charge in [-0.1, -0.05) is 25.7 Å². The van der Waals surface area contributed by atoms with Crippen molar-refractivity contribution in [1.82, 2.24) is 0 Å². The number of carboxylic acids is 1. The minimum atomic E-state index is -0.896. The maximum Gasteiger partial charge on any atom is 0.329 e. The van der Waals surface area contributed by atoms with E-state index in [4.69, 9.17) is 19.3 Å². The molecule has 1 heterocycles. The molecular weight excluding hydrogens is 260 g/mol. The van der Waals surface area contributed by atoms with Crippen molar-refractivity contribution in [1.29, 1.82) is 0 Å². The van der Waals surface area contributed by atoms with Crippen molar-refractivity contribution in [3.05, 3.63) is 0 Å². The molecule has 118 valence electrons. The fraction of sp³-hybridized carbons (Fsp3) is 0.933. The molecule has 20 heavy (non-hydrogen) atoms. The maximum atomic E-state index is 10.2. The Labute approximate surface area is 121 Å². The number of carboxylic acid groups (broad SMARTS) is 1. The highest BCUT2D eigenvalue weighted by Gasteiger charge is 2.13. The van der Waals surface area contributed by atoms with Gasteiger partial charge in [-0.25, -0.2) is 4.79 Å². The second kappa shape index (κ2) is 12.1. The van der Waals surface area contributed by atoms with Gasteiger partial charge >= 0.3 is 5.97 Å². The summed E-state index contributed by atoms with van der Waals surface area (Å²) >= 11 is 0. The molecule has 0 saturated carbocycles. The molecule has 1 atom stereocenters. The Bertz CT molecular complexity index is 238. The van der Waals surface area contributed by atoms with Crippen LogP contribution in [0.5, 0.6) is 0 Å². The number of ether oxygens (including phenoxy) is 3. The van der Waals surface area contributed by atoms with Gasteiger partial charge in [0.1, 0.15) is 6.61 Å². The lowest BCUT2D eigenvalue weighted by atomic mass is 10.1. The second-order valence-corrected chi connectivity index (χ2v) is 5.23. The van der Waals surface area contributed by atoms with Gasteiger partial charge in [0.15, 0.2) is 6.29 Å². The molecule has 1 N–H and O–H groups in total. The number of rotatable bonds is 12. The van der Waals surface area contributed by atoms with Crippen LogP contribution in [0.3, 0.4) is 0 Å². The van der Waals surface area contributed by atoms with E-state index in [2.05, 4.69) is 0 Å². The fourth-order valence-corrected chi connectivity index (χ4v) is 2.23. The van der Waals surface area contributed by atoms with Crippen LogP contribution in [0.25, 0.3) is 0 Å². The first kappa shape index (κ1) is 17.4. The third kappa shape index (κ3) is 10.2. The van der Waals surface area contributed by atoms with E-state index in [1.807, 2.05) is 0 Å². The van der Waals surface area contributed by atoms with Crippen LogP contribution in [0, 0.1) is 0 Å². The first-order chi connectivity index (χ1) is 9.79. The SMILES string of the molecule is O=C(O)COCCCCCCCCOC1CCCCO1. The third-order valence-corrected chi connectivity index (χ3v) is 3.35. The zero-order chi connectivity index (χ0) is 14.5. The van der Waals surface area contributed by atoms with E-state index in [1.54, 1.807) is 0 Å². The molecule has 0 spiro atoms. The van der Waals surface area contributed by atoms with Gasteiger partial charge in [0, 0.05) is 19.8 Å². The monoisotopic (exact) mass is 288 g/mol. The summed E-state index contributed by atoms with van der Waals surface area (Å²) in [6, 6.07) is 0. The number of hydrogen-bond donors (Lipinski definition) is 1. The number of hydrogen-bond acceptors (Lipinski definition) is 4. The summed E-state index contributed by atoms with van der Waals surface area (Å²) in [6.45, 7) is 2.01. The first-order valence-corrected chi connectivity index (χ1v) is 7.82. The van der Waals surface area contributed by atoms with Crippen molar-refractivity contribution in [2.24, 2.45) is 0 Å². The van der Waals surface area contributed by atoms with E-state index < -0.39 is 5.97 Å². The van der Waals surface area contributed by atoms with Gasteiger partial charge in [0.25, 0.3) is 0 Å². The normalized spacial score (nSPS) is 19.1. The molecule has 1 aliphatic heterocycles. The van der Waals surface area contributed by atoms with Crippen LogP contribution in [0.4, 0.5) is 0 Å². The average molecular weight is 288 g/mol. The average Bonchev–Trinajstić information content (AvgIpc) is 2.45. The van der Waals surface area contributed by atoms with Crippen molar-refractivity contribution in [3.8, 4) is 0 Å². The van der Waals surface area contributed by atoms with Crippen molar-refractivity contribution < 1.29 is 24.1 Å². The summed E-state index contributed by atoms with van der Waals surface area (Å²) in [4.78, 5) is 10.2. The van der Waals surface area contributed by atoms with Crippen LogP contribution in [-0.2, 0) is 19.0 Å². The standard InChI is InChI=1S/C15H28O5/c16-14(17)13-18-10-6-3-1-2-4-7-11-19-15-9-5-8-12-20-15/h15H,1-13H2,(H,16,17). The third-order valence-electron chi connectivity index (χ3n) is 3.35. The largest absolute Gasteiger partial charge is 0.480 e. The summed E-state index contributed by atoms with van der Waals surface area (Å²) in [5.74, 6) is -0.896. The molecule has 5 heteroatoms.